The lowest BCUT2D eigenvalue weighted by Gasteiger charge is -2.15. The Hall–Kier alpha value is -0.650. The average Bonchev–Trinajstić information content (AvgIpc) is 2.89. The maximum Gasteiger partial charge on any atom is 0.0702 e. The molecule has 0 fully saturated rings. The first-order valence-corrected chi connectivity index (χ1v) is 7.34. The number of thiophene rings is 1. The first kappa shape index (κ1) is 12.8. The van der Waals surface area contributed by atoms with Crippen LogP contribution < -0.4 is 5.32 Å². The third-order valence-corrected chi connectivity index (χ3v) is 4.29. The van der Waals surface area contributed by atoms with Gasteiger partial charge in [-0.2, -0.15) is 5.10 Å². The summed E-state index contributed by atoms with van der Waals surface area (Å²) in [6, 6.07) is 2.42. The van der Waals surface area contributed by atoms with Gasteiger partial charge in [-0.3, -0.25) is 4.68 Å². The Kier molecular flexibility index (Phi) is 4.36. The molecule has 0 spiro atoms. The van der Waals surface area contributed by atoms with Crippen LogP contribution in [0.3, 0.4) is 0 Å². The van der Waals surface area contributed by atoms with Crippen molar-refractivity contribution >= 4 is 27.3 Å². The molecule has 2 rings (SSSR count). The van der Waals surface area contributed by atoms with Gasteiger partial charge in [0.2, 0.25) is 0 Å². The van der Waals surface area contributed by atoms with Gasteiger partial charge < -0.3 is 5.32 Å². The molecule has 92 valence electrons. The summed E-state index contributed by atoms with van der Waals surface area (Å²) < 4.78 is 2.99. The van der Waals surface area contributed by atoms with Gasteiger partial charge in [-0.05, 0) is 35.0 Å². The molecule has 0 aliphatic heterocycles. The van der Waals surface area contributed by atoms with Crippen molar-refractivity contribution in [1.29, 1.82) is 0 Å². The van der Waals surface area contributed by atoms with Gasteiger partial charge >= 0.3 is 0 Å². The summed E-state index contributed by atoms with van der Waals surface area (Å²) in [7, 11) is 1.95. The van der Waals surface area contributed by atoms with Gasteiger partial charge in [0.15, 0.2) is 0 Å². The molecule has 0 amide bonds. The summed E-state index contributed by atoms with van der Waals surface area (Å²) in [5.41, 5.74) is 1.22. The molecular weight excluding hydrogens is 298 g/mol. The number of nitrogens with zero attached hydrogens (tertiary/aromatic N) is 2. The maximum absolute atomic E-state index is 4.25. The second-order valence-corrected chi connectivity index (χ2v) is 5.86. The molecule has 2 heterocycles. The third-order valence-electron chi connectivity index (χ3n) is 2.53. The van der Waals surface area contributed by atoms with Crippen LogP contribution in [0.25, 0.3) is 0 Å². The summed E-state index contributed by atoms with van der Waals surface area (Å²) in [5, 5.41) is 9.93. The largest absolute Gasteiger partial charge is 0.306 e. The molecule has 0 aromatic carbocycles. The molecule has 0 aliphatic rings. The Labute approximate surface area is 114 Å². The predicted molar refractivity (Wildman–Crippen MR) is 75.4 cm³/mol. The molecule has 1 N–H and O–H groups in total. The minimum absolute atomic E-state index is 0.250. The topological polar surface area (TPSA) is 29.9 Å². The molecule has 0 radical (unpaired) electrons. The van der Waals surface area contributed by atoms with E-state index in [2.05, 4.69) is 50.9 Å². The lowest BCUT2D eigenvalue weighted by atomic mass is 10.1. The van der Waals surface area contributed by atoms with Crippen molar-refractivity contribution in [2.24, 2.45) is 7.05 Å². The summed E-state index contributed by atoms with van der Waals surface area (Å²) in [4.78, 5) is 1.32. The summed E-state index contributed by atoms with van der Waals surface area (Å²) in [5.74, 6) is 0. The molecule has 0 saturated carbocycles. The normalized spacial score (nSPS) is 12.9. The van der Waals surface area contributed by atoms with Gasteiger partial charge in [-0.1, -0.05) is 6.92 Å². The fourth-order valence-corrected chi connectivity index (χ4v) is 3.29. The van der Waals surface area contributed by atoms with E-state index in [-0.39, 0.29) is 6.04 Å². The van der Waals surface area contributed by atoms with E-state index in [0.717, 1.165) is 17.4 Å². The Balaban J connectivity index is 2.24. The van der Waals surface area contributed by atoms with E-state index in [9.17, 15) is 0 Å². The molecule has 17 heavy (non-hydrogen) atoms. The molecule has 1 atom stereocenters. The van der Waals surface area contributed by atoms with E-state index in [1.807, 2.05) is 17.9 Å². The van der Waals surface area contributed by atoms with E-state index in [4.69, 9.17) is 0 Å². The van der Waals surface area contributed by atoms with Crippen molar-refractivity contribution in [2.75, 3.05) is 6.54 Å². The lowest BCUT2D eigenvalue weighted by Crippen LogP contribution is -2.22. The van der Waals surface area contributed by atoms with Crippen molar-refractivity contribution < 1.29 is 0 Å². The van der Waals surface area contributed by atoms with Crippen LogP contribution in [0.4, 0.5) is 0 Å². The van der Waals surface area contributed by atoms with Gasteiger partial charge in [-0.25, -0.2) is 0 Å². The third kappa shape index (κ3) is 3.18. The van der Waals surface area contributed by atoms with Crippen LogP contribution in [-0.2, 0) is 7.05 Å². The highest BCUT2D eigenvalue weighted by atomic mass is 79.9. The molecule has 2 aromatic rings. The Morgan fingerprint density at radius 3 is 2.94 bits per heavy atom. The van der Waals surface area contributed by atoms with Crippen LogP contribution in [0.5, 0.6) is 0 Å². The van der Waals surface area contributed by atoms with E-state index in [0.29, 0.717) is 0 Å². The van der Waals surface area contributed by atoms with Crippen LogP contribution in [0, 0.1) is 0 Å². The molecule has 1 unspecified atom stereocenters. The fourth-order valence-electron chi connectivity index (χ4n) is 1.74. The predicted octanol–water partition coefficient (Wildman–Crippen LogP) is 3.33. The van der Waals surface area contributed by atoms with Gasteiger partial charge in [-0.15, -0.1) is 11.3 Å². The van der Waals surface area contributed by atoms with Gasteiger partial charge in [0.05, 0.1) is 12.2 Å². The van der Waals surface area contributed by atoms with E-state index in [1.54, 1.807) is 11.3 Å². The molecular formula is C12H16BrN3S. The van der Waals surface area contributed by atoms with Crippen LogP contribution in [0.15, 0.2) is 28.3 Å². The highest BCUT2D eigenvalue weighted by Gasteiger charge is 2.16. The second-order valence-electron chi connectivity index (χ2n) is 4.00. The van der Waals surface area contributed by atoms with Crippen LogP contribution in [0.1, 0.15) is 29.8 Å². The van der Waals surface area contributed by atoms with Crippen LogP contribution >= 0.6 is 27.3 Å². The molecule has 2 aromatic heterocycles. The zero-order valence-electron chi connectivity index (χ0n) is 9.98. The van der Waals surface area contributed by atoms with Gasteiger partial charge in [0.25, 0.3) is 0 Å². The zero-order chi connectivity index (χ0) is 12.3. The molecule has 3 nitrogen and oxygen atoms in total. The number of nitrogens with one attached hydrogen (secondary N) is 1. The molecule has 0 aliphatic carbocycles. The zero-order valence-corrected chi connectivity index (χ0v) is 12.4. The van der Waals surface area contributed by atoms with Crippen molar-refractivity contribution in [3.05, 3.63) is 38.8 Å². The Morgan fingerprint density at radius 2 is 2.41 bits per heavy atom. The van der Waals surface area contributed by atoms with Crippen molar-refractivity contribution in [2.45, 2.75) is 19.4 Å². The minimum atomic E-state index is 0.250. The SMILES string of the molecule is CCCNC(c1cnn(C)c1)c1cc(Br)cs1. The first-order valence-electron chi connectivity index (χ1n) is 5.66. The van der Waals surface area contributed by atoms with Crippen LogP contribution in [-0.4, -0.2) is 16.3 Å². The first-order chi connectivity index (χ1) is 8.20. The Bertz CT molecular complexity index is 437. The maximum atomic E-state index is 4.25. The van der Waals surface area contributed by atoms with Crippen molar-refractivity contribution in [1.82, 2.24) is 15.1 Å². The summed E-state index contributed by atoms with van der Waals surface area (Å²) in [6.45, 7) is 3.19. The van der Waals surface area contributed by atoms with E-state index in [1.165, 1.54) is 10.4 Å². The number of hydrogen-bond donors (Lipinski definition) is 1. The quantitative estimate of drug-likeness (QED) is 0.917. The number of hydrogen-bond acceptors (Lipinski definition) is 3. The smallest absolute Gasteiger partial charge is 0.0702 e. The number of aromatic nitrogens is 2. The van der Waals surface area contributed by atoms with Crippen molar-refractivity contribution in [3.8, 4) is 0 Å². The molecule has 5 heteroatoms. The van der Waals surface area contributed by atoms with Crippen molar-refractivity contribution in [3.63, 3.8) is 0 Å². The minimum Gasteiger partial charge on any atom is -0.306 e. The highest BCUT2D eigenvalue weighted by molar-refractivity contribution is 9.10. The standard InChI is InChI=1S/C12H16BrN3S/c1-3-4-14-12(9-6-15-16(2)7-9)11-5-10(13)8-17-11/h5-8,12,14H,3-4H2,1-2H3. The summed E-state index contributed by atoms with van der Waals surface area (Å²) >= 11 is 5.27. The van der Waals surface area contributed by atoms with E-state index >= 15 is 0 Å². The van der Waals surface area contributed by atoms with E-state index < -0.39 is 0 Å². The molecule has 0 bridgehead atoms. The monoisotopic (exact) mass is 313 g/mol. The lowest BCUT2D eigenvalue weighted by molar-refractivity contribution is 0.605. The van der Waals surface area contributed by atoms with Gasteiger partial charge in [0.1, 0.15) is 0 Å². The molecule has 0 saturated heterocycles. The number of rotatable bonds is 5. The van der Waals surface area contributed by atoms with Gasteiger partial charge in [0, 0.05) is 33.5 Å². The highest BCUT2D eigenvalue weighted by Crippen LogP contribution is 2.29. The van der Waals surface area contributed by atoms with Crippen LogP contribution in [0.2, 0.25) is 0 Å². The Morgan fingerprint density at radius 1 is 1.59 bits per heavy atom. The number of aryl methyl sites for hydroxylation is 1. The fraction of sp³-hybridized carbons (Fsp3) is 0.417. The second kappa shape index (κ2) is 5.80. The average molecular weight is 314 g/mol. The number of halogens is 1. The summed E-state index contributed by atoms with van der Waals surface area (Å²) in [6.07, 6.45) is 5.13.